The SMILES string of the molecule is CC(=O)N(CC(=O)Nc1cccc(Cl)c1Cl)C(C)C. The second kappa shape index (κ2) is 6.78. The van der Waals surface area contributed by atoms with Gasteiger partial charge in [-0.05, 0) is 26.0 Å². The van der Waals surface area contributed by atoms with Gasteiger partial charge in [-0.1, -0.05) is 29.3 Å². The van der Waals surface area contributed by atoms with Gasteiger partial charge in [0, 0.05) is 13.0 Å². The minimum atomic E-state index is -0.312. The Balaban J connectivity index is 2.75. The monoisotopic (exact) mass is 302 g/mol. The van der Waals surface area contributed by atoms with Crippen LogP contribution in [0.3, 0.4) is 0 Å². The molecule has 0 fully saturated rings. The number of halogens is 2. The highest BCUT2D eigenvalue weighted by molar-refractivity contribution is 6.44. The zero-order chi connectivity index (χ0) is 14.6. The fraction of sp³-hybridized carbons (Fsp3) is 0.385. The molecule has 1 N–H and O–H groups in total. The highest BCUT2D eigenvalue weighted by Crippen LogP contribution is 2.29. The Hall–Kier alpha value is -1.26. The molecule has 19 heavy (non-hydrogen) atoms. The van der Waals surface area contributed by atoms with Crippen molar-refractivity contribution in [3.05, 3.63) is 28.2 Å². The fourth-order valence-corrected chi connectivity index (χ4v) is 1.95. The Morgan fingerprint density at radius 1 is 1.32 bits per heavy atom. The number of carbonyl (C=O) groups is 2. The van der Waals surface area contributed by atoms with E-state index in [9.17, 15) is 9.59 Å². The second-order valence-corrected chi connectivity index (χ2v) is 5.18. The molecule has 0 unspecified atom stereocenters. The summed E-state index contributed by atoms with van der Waals surface area (Å²) in [6, 6.07) is 4.93. The van der Waals surface area contributed by atoms with Crippen molar-refractivity contribution >= 4 is 40.7 Å². The molecular weight excluding hydrogens is 287 g/mol. The van der Waals surface area contributed by atoms with Gasteiger partial charge in [0.15, 0.2) is 0 Å². The minimum Gasteiger partial charge on any atom is -0.331 e. The highest BCUT2D eigenvalue weighted by atomic mass is 35.5. The Morgan fingerprint density at radius 2 is 1.95 bits per heavy atom. The molecule has 1 rings (SSSR count). The Morgan fingerprint density at radius 3 is 2.47 bits per heavy atom. The van der Waals surface area contributed by atoms with Crippen molar-refractivity contribution in [1.82, 2.24) is 4.90 Å². The predicted octanol–water partition coefficient (Wildman–Crippen LogP) is 3.19. The van der Waals surface area contributed by atoms with Crippen molar-refractivity contribution in [1.29, 1.82) is 0 Å². The van der Waals surface area contributed by atoms with E-state index in [1.165, 1.54) is 11.8 Å². The maximum atomic E-state index is 11.9. The molecular formula is C13H16Cl2N2O2. The van der Waals surface area contributed by atoms with Gasteiger partial charge in [0.1, 0.15) is 6.54 Å². The molecule has 2 amide bonds. The molecule has 4 nitrogen and oxygen atoms in total. The van der Waals surface area contributed by atoms with Crippen molar-refractivity contribution in [2.75, 3.05) is 11.9 Å². The summed E-state index contributed by atoms with van der Waals surface area (Å²) >= 11 is 11.8. The summed E-state index contributed by atoms with van der Waals surface area (Å²) < 4.78 is 0. The number of nitrogens with zero attached hydrogens (tertiary/aromatic N) is 1. The van der Waals surface area contributed by atoms with E-state index in [-0.39, 0.29) is 29.4 Å². The van der Waals surface area contributed by atoms with E-state index >= 15 is 0 Å². The van der Waals surface area contributed by atoms with E-state index in [1.54, 1.807) is 18.2 Å². The van der Waals surface area contributed by atoms with Crippen LogP contribution in [0.4, 0.5) is 5.69 Å². The molecule has 0 aliphatic heterocycles. The van der Waals surface area contributed by atoms with Crippen molar-refractivity contribution < 1.29 is 9.59 Å². The number of hydrogen-bond acceptors (Lipinski definition) is 2. The highest BCUT2D eigenvalue weighted by Gasteiger charge is 2.17. The van der Waals surface area contributed by atoms with Gasteiger partial charge in [0.2, 0.25) is 11.8 Å². The summed E-state index contributed by atoms with van der Waals surface area (Å²) in [5.74, 6) is -0.463. The van der Waals surface area contributed by atoms with Gasteiger partial charge in [-0.25, -0.2) is 0 Å². The Bertz CT molecular complexity index is 490. The number of nitrogens with one attached hydrogen (secondary N) is 1. The first kappa shape index (κ1) is 15.8. The lowest BCUT2D eigenvalue weighted by Gasteiger charge is -2.24. The van der Waals surface area contributed by atoms with Gasteiger partial charge < -0.3 is 10.2 Å². The van der Waals surface area contributed by atoms with E-state index in [2.05, 4.69) is 5.32 Å². The predicted molar refractivity (Wildman–Crippen MR) is 77.6 cm³/mol. The van der Waals surface area contributed by atoms with Crippen LogP contribution in [0.15, 0.2) is 18.2 Å². The third-order valence-corrected chi connectivity index (χ3v) is 3.39. The molecule has 0 spiro atoms. The van der Waals surface area contributed by atoms with Crippen LogP contribution >= 0.6 is 23.2 Å². The lowest BCUT2D eigenvalue weighted by molar-refractivity contribution is -0.134. The van der Waals surface area contributed by atoms with Crippen molar-refractivity contribution in [3.8, 4) is 0 Å². The van der Waals surface area contributed by atoms with E-state index in [0.717, 1.165) is 0 Å². The molecule has 0 atom stereocenters. The van der Waals surface area contributed by atoms with Crippen LogP contribution < -0.4 is 5.32 Å². The maximum Gasteiger partial charge on any atom is 0.244 e. The lowest BCUT2D eigenvalue weighted by atomic mass is 10.3. The van der Waals surface area contributed by atoms with Crippen LogP contribution in [0.1, 0.15) is 20.8 Å². The first-order chi connectivity index (χ1) is 8.82. The van der Waals surface area contributed by atoms with Gasteiger partial charge in [0.25, 0.3) is 0 Å². The van der Waals surface area contributed by atoms with Crippen molar-refractivity contribution in [2.24, 2.45) is 0 Å². The van der Waals surface area contributed by atoms with E-state index in [1.807, 2.05) is 13.8 Å². The molecule has 0 radical (unpaired) electrons. The Kier molecular flexibility index (Phi) is 5.63. The first-order valence-electron chi connectivity index (χ1n) is 5.84. The van der Waals surface area contributed by atoms with Crippen LogP contribution in [-0.4, -0.2) is 29.3 Å². The van der Waals surface area contributed by atoms with Gasteiger partial charge in [-0.15, -0.1) is 0 Å². The molecule has 0 heterocycles. The molecule has 0 bridgehead atoms. The molecule has 104 valence electrons. The molecule has 1 aromatic rings. The van der Waals surface area contributed by atoms with Crippen LogP contribution in [0.5, 0.6) is 0 Å². The largest absolute Gasteiger partial charge is 0.331 e. The zero-order valence-electron chi connectivity index (χ0n) is 11.0. The number of benzene rings is 1. The Labute approximate surface area is 122 Å². The molecule has 0 saturated heterocycles. The molecule has 0 aliphatic carbocycles. The summed E-state index contributed by atoms with van der Waals surface area (Å²) in [5, 5.41) is 3.30. The third-order valence-electron chi connectivity index (χ3n) is 2.57. The third kappa shape index (κ3) is 4.40. The first-order valence-corrected chi connectivity index (χ1v) is 6.59. The number of hydrogen-bond donors (Lipinski definition) is 1. The number of carbonyl (C=O) groups excluding carboxylic acids is 2. The molecule has 0 aromatic heterocycles. The smallest absolute Gasteiger partial charge is 0.244 e. The topological polar surface area (TPSA) is 49.4 Å². The van der Waals surface area contributed by atoms with Crippen LogP contribution in [-0.2, 0) is 9.59 Å². The molecule has 0 saturated carbocycles. The maximum absolute atomic E-state index is 11.9. The van der Waals surface area contributed by atoms with Gasteiger partial charge >= 0.3 is 0 Å². The van der Waals surface area contributed by atoms with Crippen molar-refractivity contribution in [2.45, 2.75) is 26.8 Å². The standard InChI is InChI=1S/C13H16Cl2N2O2/c1-8(2)17(9(3)18)7-12(19)16-11-6-4-5-10(14)13(11)15/h4-6,8H,7H2,1-3H3,(H,16,19). The number of amides is 2. The fourth-order valence-electron chi connectivity index (χ4n) is 1.60. The molecule has 6 heteroatoms. The van der Waals surface area contributed by atoms with Crippen LogP contribution in [0.2, 0.25) is 10.0 Å². The second-order valence-electron chi connectivity index (χ2n) is 4.39. The summed E-state index contributed by atoms with van der Waals surface area (Å²) in [6.07, 6.45) is 0. The number of anilines is 1. The van der Waals surface area contributed by atoms with Crippen LogP contribution in [0, 0.1) is 0 Å². The summed E-state index contributed by atoms with van der Waals surface area (Å²) in [4.78, 5) is 24.7. The molecule has 0 aliphatic rings. The lowest BCUT2D eigenvalue weighted by Crippen LogP contribution is -2.41. The normalized spacial score (nSPS) is 10.4. The van der Waals surface area contributed by atoms with Crippen molar-refractivity contribution in [3.63, 3.8) is 0 Å². The molecule has 1 aromatic carbocycles. The van der Waals surface area contributed by atoms with E-state index in [0.29, 0.717) is 10.7 Å². The quantitative estimate of drug-likeness (QED) is 0.928. The van der Waals surface area contributed by atoms with Crippen LogP contribution in [0.25, 0.3) is 0 Å². The average Bonchev–Trinajstić information content (AvgIpc) is 2.31. The van der Waals surface area contributed by atoms with Gasteiger partial charge in [-0.2, -0.15) is 0 Å². The summed E-state index contributed by atoms with van der Waals surface area (Å²) in [6.45, 7) is 5.11. The van der Waals surface area contributed by atoms with E-state index in [4.69, 9.17) is 23.2 Å². The minimum absolute atomic E-state index is 0.0180. The van der Waals surface area contributed by atoms with Gasteiger partial charge in [0.05, 0.1) is 15.7 Å². The van der Waals surface area contributed by atoms with Gasteiger partial charge in [-0.3, -0.25) is 9.59 Å². The number of rotatable bonds is 4. The van der Waals surface area contributed by atoms with E-state index < -0.39 is 0 Å². The zero-order valence-corrected chi connectivity index (χ0v) is 12.5. The summed E-state index contributed by atoms with van der Waals surface area (Å²) in [5.41, 5.74) is 0.437. The average molecular weight is 303 g/mol. The summed E-state index contributed by atoms with van der Waals surface area (Å²) in [7, 11) is 0.